The zero-order chi connectivity index (χ0) is 9.14. The molecule has 2 nitrogen and oxygen atoms in total. The van der Waals surface area contributed by atoms with Crippen molar-refractivity contribution in [1.82, 2.24) is 4.98 Å². The molecule has 0 aliphatic heterocycles. The molecule has 0 radical (unpaired) electrons. The molecule has 1 heterocycles. The summed E-state index contributed by atoms with van der Waals surface area (Å²) >= 11 is 0. The Morgan fingerprint density at radius 2 is 2.17 bits per heavy atom. The normalized spacial score (nSPS) is 10.4. The van der Waals surface area contributed by atoms with E-state index in [9.17, 15) is 13.2 Å². The molecule has 0 saturated heterocycles. The molecule has 5 heteroatoms. The number of alkyl halides is 2. The maximum atomic E-state index is 12.7. The number of pyridine rings is 1. The van der Waals surface area contributed by atoms with Crippen molar-refractivity contribution in [3.05, 3.63) is 23.8 Å². The lowest BCUT2D eigenvalue weighted by Crippen LogP contribution is -1.96. The molecule has 0 aliphatic carbocycles. The lowest BCUT2D eigenvalue weighted by Gasteiger charge is -2.02. The zero-order valence-corrected chi connectivity index (χ0v) is 6.22. The summed E-state index contributed by atoms with van der Waals surface area (Å²) in [5, 5.41) is 0. The molecule has 0 aliphatic rings. The van der Waals surface area contributed by atoms with Gasteiger partial charge in [0.1, 0.15) is 11.4 Å². The van der Waals surface area contributed by atoms with Crippen molar-refractivity contribution in [3.63, 3.8) is 0 Å². The van der Waals surface area contributed by atoms with Gasteiger partial charge in [0, 0.05) is 6.07 Å². The monoisotopic (exact) mass is 177 g/mol. The summed E-state index contributed by atoms with van der Waals surface area (Å²) < 4.78 is 41.1. The molecule has 0 aromatic carbocycles. The van der Waals surface area contributed by atoms with E-state index >= 15 is 0 Å². The standard InChI is InChI=1S/C7H6F3NO/c1-12-4-2-5(8)6(7(9)10)11-3-4/h2-3,7H,1H3. The van der Waals surface area contributed by atoms with Crippen molar-refractivity contribution in [2.75, 3.05) is 7.11 Å². The number of nitrogens with zero attached hydrogens (tertiary/aromatic N) is 1. The van der Waals surface area contributed by atoms with Crippen LogP contribution in [0.2, 0.25) is 0 Å². The minimum atomic E-state index is -2.89. The van der Waals surface area contributed by atoms with Crippen LogP contribution in [0.5, 0.6) is 5.75 Å². The third-order valence-electron chi connectivity index (χ3n) is 1.29. The highest BCUT2D eigenvalue weighted by atomic mass is 19.3. The molecule has 0 unspecified atom stereocenters. The van der Waals surface area contributed by atoms with E-state index < -0.39 is 17.9 Å². The first-order chi connectivity index (χ1) is 5.65. The predicted molar refractivity (Wildman–Crippen MR) is 35.7 cm³/mol. The lowest BCUT2D eigenvalue weighted by molar-refractivity contribution is 0.140. The quantitative estimate of drug-likeness (QED) is 0.690. The Bertz CT molecular complexity index is 277. The number of hydrogen-bond donors (Lipinski definition) is 0. The largest absolute Gasteiger partial charge is 0.495 e. The Balaban J connectivity index is 3.03. The molecule has 66 valence electrons. The maximum absolute atomic E-state index is 12.7. The molecule has 0 N–H and O–H groups in total. The third kappa shape index (κ3) is 1.66. The molecular formula is C7H6F3NO. The van der Waals surface area contributed by atoms with Gasteiger partial charge in [0.05, 0.1) is 13.3 Å². The van der Waals surface area contributed by atoms with Gasteiger partial charge in [-0.05, 0) is 0 Å². The first kappa shape index (κ1) is 8.83. The van der Waals surface area contributed by atoms with Gasteiger partial charge >= 0.3 is 0 Å². The molecule has 0 atom stereocenters. The zero-order valence-electron chi connectivity index (χ0n) is 6.22. The van der Waals surface area contributed by atoms with E-state index in [-0.39, 0.29) is 5.75 Å². The second kappa shape index (κ2) is 3.42. The van der Waals surface area contributed by atoms with Gasteiger partial charge in [0.25, 0.3) is 6.43 Å². The van der Waals surface area contributed by atoms with Crippen LogP contribution in [0.3, 0.4) is 0 Å². The van der Waals surface area contributed by atoms with E-state index in [2.05, 4.69) is 9.72 Å². The van der Waals surface area contributed by atoms with E-state index in [0.29, 0.717) is 0 Å². The van der Waals surface area contributed by atoms with Crippen molar-refractivity contribution in [1.29, 1.82) is 0 Å². The highest BCUT2D eigenvalue weighted by molar-refractivity contribution is 5.21. The highest BCUT2D eigenvalue weighted by Gasteiger charge is 2.15. The molecule has 1 aromatic rings. The summed E-state index contributed by atoms with van der Waals surface area (Å²) in [6.45, 7) is 0. The highest BCUT2D eigenvalue weighted by Crippen LogP contribution is 2.22. The topological polar surface area (TPSA) is 22.1 Å². The Kier molecular flexibility index (Phi) is 2.52. The van der Waals surface area contributed by atoms with Gasteiger partial charge < -0.3 is 4.74 Å². The van der Waals surface area contributed by atoms with Crippen LogP contribution in [-0.4, -0.2) is 12.1 Å². The summed E-state index contributed by atoms with van der Waals surface area (Å²) in [6.07, 6.45) is -1.85. The van der Waals surface area contributed by atoms with Gasteiger partial charge in [-0.1, -0.05) is 0 Å². The van der Waals surface area contributed by atoms with Crippen molar-refractivity contribution < 1.29 is 17.9 Å². The van der Waals surface area contributed by atoms with Gasteiger partial charge in [-0.25, -0.2) is 18.2 Å². The van der Waals surface area contributed by atoms with Gasteiger partial charge in [-0.2, -0.15) is 0 Å². The lowest BCUT2D eigenvalue weighted by atomic mass is 10.3. The summed E-state index contributed by atoms with van der Waals surface area (Å²) in [7, 11) is 1.30. The van der Waals surface area contributed by atoms with E-state index in [1.54, 1.807) is 0 Å². The second-order valence-electron chi connectivity index (χ2n) is 2.04. The molecule has 1 aromatic heterocycles. The molecule has 0 bridgehead atoms. The molecule has 0 fully saturated rings. The Hall–Kier alpha value is -1.26. The van der Waals surface area contributed by atoms with Gasteiger partial charge in [-0.15, -0.1) is 0 Å². The Morgan fingerprint density at radius 1 is 1.50 bits per heavy atom. The van der Waals surface area contributed by atoms with Crippen LogP contribution >= 0.6 is 0 Å². The van der Waals surface area contributed by atoms with E-state index in [1.807, 2.05) is 0 Å². The van der Waals surface area contributed by atoms with Crippen LogP contribution in [-0.2, 0) is 0 Å². The molecule has 0 spiro atoms. The number of methoxy groups -OCH3 is 1. The van der Waals surface area contributed by atoms with Gasteiger partial charge in [-0.3, -0.25) is 0 Å². The minimum Gasteiger partial charge on any atom is -0.495 e. The first-order valence-electron chi connectivity index (χ1n) is 3.12. The van der Waals surface area contributed by atoms with Crippen LogP contribution in [0.4, 0.5) is 13.2 Å². The summed E-state index contributed by atoms with van der Waals surface area (Å²) in [4.78, 5) is 3.20. The van der Waals surface area contributed by atoms with Crippen molar-refractivity contribution in [2.45, 2.75) is 6.43 Å². The Morgan fingerprint density at radius 3 is 2.58 bits per heavy atom. The molecule has 0 amide bonds. The average Bonchev–Trinajstić information content (AvgIpc) is 2.03. The van der Waals surface area contributed by atoms with Crippen molar-refractivity contribution in [2.24, 2.45) is 0 Å². The fourth-order valence-electron chi connectivity index (χ4n) is 0.703. The molecule has 0 saturated carbocycles. The minimum absolute atomic E-state index is 0.122. The van der Waals surface area contributed by atoms with E-state index in [0.717, 1.165) is 12.3 Å². The van der Waals surface area contributed by atoms with Crippen LogP contribution in [0, 0.1) is 5.82 Å². The number of ether oxygens (including phenoxy) is 1. The predicted octanol–water partition coefficient (Wildman–Crippen LogP) is 2.17. The fourth-order valence-corrected chi connectivity index (χ4v) is 0.703. The van der Waals surface area contributed by atoms with E-state index in [1.165, 1.54) is 7.11 Å². The van der Waals surface area contributed by atoms with Crippen LogP contribution < -0.4 is 4.74 Å². The van der Waals surface area contributed by atoms with Crippen molar-refractivity contribution in [3.8, 4) is 5.75 Å². The van der Waals surface area contributed by atoms with Gasteiger partial charge in [0.15, 0.2) is 5.82 Å². The number of halogens is 3. The average molecular weight is 177 g/mol. The molecule has 1 rings (SSSR count). The first-order valence-corrected chi connectivity index (χ1v) is 3.12. The van der Waals surface area contributed by atoms with Crippen LogP contribution in [0.25, 0.3) is 0 Å². The number of aromatic nitrogens is 1. The number of rotatable bonds is 2. The SMILES string of the molecule is COc1cnc(C(F)F)c(F)c1. The third-order valence-corrected chi connectivity index (χ3v) is 1.29. The van der Waals surface area contributed by atoms with Crippen molar-refractivity contribution >= 4 is 0 Å². The maximum Gasteiger partial charge on any atom is 0.283 e. The summed E-state index contributed by atoms with van der Waals surface area (Å²) in [5.41, 5.74) is -0.851. The number of hydrogen-bond acceptors (Lipinski definition) is 2. The molecular weight excluding hydrogens is 171 g/mol. The smallest absolute Gasteiger partial charge is 0.283 e. The molecule has 12 heavy (non-hydrogen) atoms. The summed E-state index contributed by atoms with van der Waals surface area (Å²) in [5.74, 6) is -0.929. The second-order valence-corrected chi connectivity index (χ2v) is 2.04. The summed E-state index contributed by atoms with van der Waals surface area (Å²) in [6, 6.07) is 0.870. The van der Waals surface area contributed by atoms with Crippen LogP contribution in [0.1, 0.15) is 12.1 Å². The van der Waals surface area contributed by atoms with Gasteiger partial charge in [0.2, 0.25) is 0 Å². The Labute approximate surface area is 67.0 Å². The van der Waals surface area contributed by atoms with E-state index in [4.69, 9.17) is 0 Å². The fraction of sp³-hybridized carbons (Fsp3) is 0.286. The van der Waals surface area contributed by atoms with Crippen LogP contribution in [0.15, 0.2) is 12.3 Å².